The fraction of sp³-hybridized carbons (Fsp3) is 0.320. The molecule has 0 unspecified atom stereocenters. The van der Waals surface area contributed by atoms with Crippen LogP contribution in [0.2, 0.25) is 0 Å². The smallest absolute Gasteiger partial charge is 0.327 e. The number of carbonyl (C=O) groups excluding carboxylic acids is 1. The maximum Gasteiger partial charge on any atom is 0.327 e. The molecular formula is C25H31N7O. The lowest BCUT2D eigenvalue weighted by molar-refractivity contribution is 0.209. The fourth-order valence-electron chi connectivity index (χ4n) is 3.83. The molecule has 1 aromatic heterocycles. The van der Waals surface area contributed by atoms with Gasteiger partial charge in [-0.3, -0.25) is 9.80 Å². The molecule has 4 rings (SSSR count). The number of rotatable bonds is 6. The van der Waals surface area contributed by atoms with Gasteiger partial charge < -0.3 is 15.5 Å². The van der Waals surface area contributed by atoms with Crippen molar-refractivity contribution in [1.82, 2.24) is 14.9 Å². The zero-order chi connectivity index (χ0) is 23.2. The number of hydrogen-bond donors (Lipinski definition) is 2. The first-order valence-corrected chi connectivity index (χ1v) is 11.3. The molecule has 0 aliphatic carbocycles. The second-order valence-electron chi connectivity index (χ2n) is 8.41. The maximum absolute atomic E-state index is 12.6. The Morgan fingerprint density at radius 1 is 0.939 bits per heavy atom. The number of nitrogens with one attached hydrogen (secondary N) is 2. The number of hydrogen-bond acceptors (Lipinski definition) is 6. The lowest BCUT2D eigenvalue weighted by Gasteiger charge is -2.38. The van der Waals surface area contributed by atoms with Crippen molar-refractivity contribution in [3.63, 3.8) is 0 Å². The first-order valence-electron chi connectivity index (χ1n) is 11.3. The van der Waals surface area contributed by atoms with Gasteiger partial charge in [0.15, 0.2) is 0 Å². The van der Waals surface area contributed by atoms with Crippen LogP contribution in [0.5, 0.6) is 0 Å². The molecule has 2 N–H and O–H groups in total. The van der Waals surface area contributed by atoms with E-state index in [1.54, 1.807) is 13.1 Å². The lowest BCUT2D eigenvalue weighted by Crippen LogP contribution is -2.48. The van der Waals surface area contributed by atoms with Crippen LogP contribution >= 0.6 is 0 Å². The van der Waals surface area contributed by atoms with E-state index in [1.807, 2.05) is 30.3 Å². The van der Waals surface area contributed by atoms with E-state index in [0.717, 1.165) is 37.6 Å². The molecule has 0 atom stereocenters. The van der Waals surface area contributed by atoms with Gasteiger partial charge in [0.1, 0.15) is 18.0 Å². The van der Waals surface area contributed by atoms with Crippen LogP contribution in [-0.2, 0) is 0 Å². The van der Waals surface area contributed by atoms with Crippen LogP contribution in [0.15, 0.2) is 67.0 Å². The Morgan fingerprint density at radius 2 is 1.64 bits per heavy atom. The van der Waals surface area contributed by atoms with Crippen molar-refractivity contribution in [2.75, 3.05) is 53.7 Å². The van der Waals surface area contributed by atoms with E-state index in [4.69, 9.17) is 0 Å². The zero-order valence-corrected chi connectivity index (χ0v) is 19.4. The molecule has 0 spiro atoms. The average molecular weight is 446 g/mol. The topological polar surface area (TPSA) is 76.6 Å². The van der Waals surface area contributed by atoms with Crippen LogP contribution in [0.3, 0.4) is 0 Å². The number of benzene rings is 2. The number of piperazine rings is 1. The molecule has 3 aromatic rings. The predicted molar refractivity (Wildman–Crippen MR) is 135 cm³/mol. The summed E-state index contributed by atoms with van der Waals surface area (Å²) in [6, 6.07) is 19.8. The molecular weight excluding hydrogens is 414 g/mol. The molecule has 8 heteroatoms. The second-order valence-corrected chi connectivity index (χ2v) is 8.41. The van der Waals surface area contributed by atoms with Gasteiger partial charge in [-0.2, -0.15) is 0 Å². The number of aromatic nitrogens is 2. The van der Waals surface area contributed by atoms with E-state index in [0.29, 0.717) is 17.7 Å². The molecule has 1 aliphatic rings. The predicted octanol–water partition coefficient (Wildman–Crippen LogP) is 4.42. The molecule has 1 fully saturated rings. The molecule has 8 nitrogen and oxygen atoms in total. The first kappa shape index (κ1) is 22.5. The molecule has 0 bridgehead atoms. The van der Waals surface area contributed by atoms with Crippen molar-refractivity contribution >= 4 is 34.7 Å². The second kappa shape index (κ2) is 10.3. The van der Waals surface area contributed by atoms with E-state index in [-0.39, 0.29) is 6.03 Å². The standard InChI is InChI=1S/C25H31N7O/c1-19(2)31-13-15-32(16-14-31)22-11-9-21(10-12-22)28-23-17-24(27-18-26-23)30(3)25(33)29-20-7-5-4-6-8-20/h4-12,17-19H,13-16H2,1-3H3,(H,29,33)(H,26,27,28). The quantitative estimate of drug-likeness (QED) is 0.585. The van der Waals surface area contributed by atoms with Gasteiger partial charge in [-0.1, -0.05) is 18.2 Å². The lowest BCUT2D eigenvalue weighted by atomic mass is 10.2. The number of urea groups is 1. The molecule has 0 saturated carbocycles. The summed E-state index contributed by atoms with van der Waals surface area (Å²) >= 11 is 0. The van der Waals surface area contributed by atoms with E-state index < -0.39 is 0 Å². The number of carbonyl (C=O) groups is 1. The largest absolute Gasteiger partial charge is 0.369 e. The summed E-state index contributed by atoms with van der Waals surface area (Å²) in [5.74, 6) is 1.12. The Balaban J connectivity index is 1.36. The minimum atomic E-state index is -0.271. The average Bonchev–Trinajstić information content (AvgIpc) is 2.85. The van der Waals surface area contributed by atoms with Crippen LogP contribution in [0, 0.1) is 0 Å². The molecule has 1 aliphatic heterocycles. The maximum atomic E-state index is 12.6. The van der Waals surface area contributed by atoms with Crippen molar-refractivity contribution in [1.29, 1.82) is 0 Å². The summed E-state index contributed by atoms with van der Waals surface area (Å²) in [4.78, 5) is 27.5. The Kier molecular flexibility index (Phi) is 7.04. The summed E-state index contributed by atoms with van der Waals surface area (Å²) < 4.78 is 0. The van der Waals surface area contributed by atoms with Crippen molar-refractivity contribution in [3.8, 4) is 0 Å². The summed E-state index contributed by atoms with van der Waals surface area (Å²) in [6.07, 6.45) is 1.45. The van der Waals surface area contributed by atoms with Crippen molar-refractivity contribution in [2.45, 2.75) is 19.9 Å². The van der Waals surface area contributed by atoms with E-state index >= 15 is 0 Å². The fourth-order valence-corrected chi connectivity index (χ4v) is 3.83. The minimum absolute atomic E-state index is 0.271. The Morgan fingerprint density at radius 3 is 2.30 bits per heavy atom. The summed E-state index contributed by atoms with van der Waals surface area (Å²) in [5.41, 5.74) is 2.89. The van der Waals surface area contributed by atoms with Crippen molar-refractivity contribution in [2.24, 2.45) is 0 Å². The highest BCUT2D eigenvalue weighted by Gasteiger charge is 2.19. The number of anilines is 5. The highest BCUT2D eigenvalue weighted by atomic mass is 16.2. The summed E-state index contributed by atoms with van der Waals surface area (Å²) in [7, 11) is 1.68. The number of para-hydroxylation sites is 1. The SMILES string of the molecule is CC(C)N1CCN(c2ccc(Nc3cc(N(C)C(=O)Nc4ccccc4)ncn3)cc2)CC1. The van der Waals surface area contributed by atoms with Crippen molar-refractivity contribution in [3.05, 3.63) is 67.0 Å². The third kappa shape index (κ3) is 5.78. The Bertz CT molecular complexity index is 1050. The first-order chi connectivity index (χ1) is 16.0. The third-order valence-electron chi connectivity index (χ3n) is 5.88. The van der Waals surface area contributed by atoms with Crippen molar-refractivity contribution < 1.29 is 4.79 Å². The summed E-state index contributed by atoms with van der Waals surface area (Å²) in [5, 5.41) is 6.16. The monoisotopic (exact) mass is 445 g/mol. The van der Waals surface area contributed by atoms with Crippen LogP contribution in [0.1, 0.15) is 13.8 Å². The Labute approximate surface area is 195 Å². The van der Waals surface area contributed by atoms with Gasteiger partial charge in [0.05, 0.1) is 0 Å². The van der Waals surface area contributed by atoms with E-state index in [9.17, 15) is 4.79 Å². The zero-order valence-electron chi connectivity index (χ0n) is 19.4. The Hall–Kier alpha value is -3.65. The molecule has 2 amide bonds. The van der Waals surface area contributed by atoms with Gasteiger partial charge in [0.2, 0.25) is 0 Å². The van der Waals surface area contributed by atoms with Crippen LogP contribution in [0.25, 0.3) is 0 Å². The van der Waals surface area contributed by atoms with Crippen LogP contribution in [-0.4, -0.2) is 60.2 Å². The normalized spacial score (nSPS) is 14.2. The minimum Gasteiger partial charge on any atom is -0.369 e. The highest BCUT2D eigenvalue weighted by Crippen LogP contribution is 2.23. The molecule has 1 saturated heterocycles. The third-order valence-corrected chi connectivity index (χ3v) is 5.88. The van der Waals surface area contributed by atoms with Crippen LogP contribution < -0.4 is 20.4 Å². The highest BCUT2D eigenvalue weighted by molar-refractivity contribution is 6.00. The van der Waals surface area contributed by atoms with Gasteiger partial charge in [0.25, 0.3) is 0 Å². The van der Waals surface area contributed by atoms with Gasteiger partial charge in [0, 0.05) is 62.4 Å². The summed E-state index contributed by atoms with van der Waals surface area (Å²) in [6.45, 7) is 8.76. The van der Waals surface area contributed by atoms with Gasteiger partial charge in [-0.05, 0) is 50.2 Å². The molecule has 0 radical (unpaired) electrons. The van der Waals surface area contributed by atoms with Crippen LogP contribution in [0.4, 0.5) is 33.5 Å². The molecule has 2 aromatic carbocycles. The molecule has 2 heterocycles. The number of amides is 2. The van der Waals surface area contributed by atoms with Gasteiger partial charge in [-0.25, -0.2) is 14.8 Å². The van der Waals surface area contributed by atoms with E-state index in [2.05, 4.69) is 68.5 Å². The van der Waals surface area contributed by atoms with Gasteiger partial charge in [-0.15, -0.1) is 0 Å². The molecule has 172 valence electrons. The molecule has 33 heavy (non-hydrogen) atoms. The number of nitrogens with zero attached hydrogens (tertiary/aromatic N) is 5. The van der Waals surface area contributed by atoms with Gasteiger partial charge >= 0.3 is 6.03 Å². The van der Waals surface area contributed by atoms with E-state index in [1.165, 1.54) is 16.9 Å².